The van der Waals surface area contributed by atoms with E-state index in [2.05, 4.69) is 16.1 Å². The summed E-state index contributed by atoms with van der Waals surface area (Å²) >= 11 is 0. The molecule has 3 aromatic rings. The summed E-state index contributed by atoms with van der Waals surface area (Å²) in [6.45, 7) is 4.77. The lowest BCUT2D eigenvalue weighted by molar-refractivity contribution is -0.139. The molecule has 3 N–H and O–H groups in total. The van der Waals surface area contributed by atoms with Crippen LogP contribution in [-0.2, 0) is 20.9 Å². The zero-order valence-corrected chi connectivity index (χ0v) is 26.9. The van der Waals surface area contributed by atoms with Crippen molar-refractivity contribution in [1.82, 2.24) is 25.6 Å². The quantitative estimate of drug-likeness (QED) is 0.307. The number of rotatable bonds is 9. The molecule has 0 spiro atoms. The van der Waals surface area contributed by atoms with Crippen LogP contribution in [0.2, 0.25) is 0 Å². The van der Waals surface area contributed by atoms with Crippen LogP contribution < -0.4 is 20.8 Å². The SMILES string of the molecule is COc1cc(-c2cccc(-c3cccc(NC(=O)C4NN(C)C(=O)N(C)C4=O)c3C)c2C)cc(F)c1CN(C)C[C@@H]1CCC(=O)N1. The van der Waals surface area contributed by atoms with Gasteiger partial charge in [-0.15, -0.1) is 0 Å². The smallest absolute Gasteiger partial charge is 0.340 e. The highest BCUT2D eigenvalue weighted by atomic mass is 19.1. The first kappa shape index (κ1) is 32.6. The van der Waals surface area contributed by atoms with E-state index in [1.54, 1.807) is 6.07 Å². The van der Waals surface area contributed by atoms with Crippen molar-refractivity contribution in [2.75, 3.05) is 40.1 Å². The van der Waals surface area contributed by atoms with E-state index in [9.17, 15) is 19.2 Å². The van der Waals surface area contributed by atoms with Gasteiger partial charge < -0.3 is 15.4 Å². The number of amides is 5. The Morgan fingerprint density at radius 2 is 1.72 bits per heavy atom. The van der Waals surface area contributed by atoms with Gasteiger partial charge in [-0.1, -0.05) is 30.3 Å². The van der Waals surface area contributed by atoms with Gasteiger partial charge in [-0.25, -0.2) is 14.6 Å². The topological polar surface area (TPSA) is 123 Å². The standard InChI is InChI=1S/C34H39FN6O5/c1-19-23(21-15-27(35)26(29(16-21)46-6)18-39(3)17-22-13-14-30(42)36-22)9-7-10-24(19)25-11-8-12-28(20(25)2)37-32(43)31-33(44)40(4)34(45)41(5)38-31/h7-12,15-16,22,31,38H,13-14,17-18H2,1-6H3,(H,36,42)(H,37,43)/t22-,31?/m0/s1. The number of carbonyl (C=O) groups excluding carboxylic acids is 4. The number of hydrogen-bond acceptors (Lipinski definition) is 7. The van der Waals surface area contributed by atoms with E-state index < -0.39 is 23.9 Å². The minimum atomic E-state index is -1.27. The van der Waals surface area contributed by atoms with Gasteiger partial charge >= 0.3 is 6.03 Å². The Morgan fingerprint density at radius 3 is 2.39 bits per heavy atom. The Labute approximate surface area is 267 Å². The molecule has 46 heavy (non-hydrogen) atoms. The average molecular weight is 631 g/mol. The van der Waals surface area contributed by atoms with Crippen molar-refractivity contribution in [3.05, 3.63) is 71.0 Å². The summed E-state index contributed by atoms with van der Waals surface area (Å²) in [4.78, 5) is 52.3. The first-order chi connectivity index (χ1) is 21.9. The number of nitrogens with zero attached hydrogens (tertiary/aromatic N) is 3. The summed E-state index contributed by atoms with van der Waals surface area (Å²) in [5.74, 6) is -1.15. The highest BCUT2D eigenvalue weighted by Gasteiger charge is 2.39. The summed E-state index contributed by atoms with van der Waals surface area (Å²) in [6, 6.07) is 12.9. The molecular formula is C34H39FN6O5. The first-order valence-electron chi connectivity index (χ1n) is 15.1. The number of likely N-dealkylation sites (N-methyl/N-ethyl adjacent to an activating group) is 2. The van der Waals surface area contributed by atoms with Crippen molar-refractivity contribution in [2.45, 2.75) is 45.3 Å². The van der Waals surface area contributed by atoms with Crippen molar-refractivity contribution < 1.29 is 28.3 Å². The maximum Gasteiger partial charge on any atom is 0.340 e. The lowest BCUT2D eigenvalue weighted by atomic mass is 9.90. The zero-order chi connectivity index (χ0) is 33.3. The normalized spacial score (nSPS) is 18.3. The Morgan fingerprint density at radius 1 is 1.04 bits per heavy atom. The molecule has 242 valence electrons. The molecule has 0 aromatic heterocycles. The fourth-order valence-corrected chi connectivity index (χ4v) is 6.12. The van der Waals surface area contributed by atoms with Crippen LogP contribution in [0, 0.1) is 19.7 Å². The van der Waals surface area contributed by atoms with Crippen LogP contribution in [0.5, 0.6) is 5.75 Å². The summed E-state index contributed by atoms with van der Waals surface area (Å²) in [6.07, 6.45) is 1.28. The number of urea groups is 1. The summed E-state index contributed by atoms with van der Waals surface area (Å²) in [7, 11) is 6.19. The molecule has 5 rings (SSSR count). The molecule has 5 amide bonds. The van der Waals surface area contributed by atoms with E-state index in [0.29, 0.717) is 42.1 Å². The molecule has 2 heterocycles. The molecule has 0 aliphatic carbocycles. The lowest BCUT2D eigenvalue weighted by Crippen LogP contribution is -2.66. The van der Waals surface area contributed by atoms with Crippen molar-refractivity contribution >= 4 is 29.4 Å². The van der Waals surface area contributed by atoms with Gasteiger partial charge in [-0.3, -0.25) is 29.2 Å². The average Bonchev–Trinajstić information content (AvgIpc) is 3.43. The lowest BCUT2D eigenvalue weighted by Gasteiger charge is -2.34. The number of carbonyl (C=O) groups is 4. The molecule has 0 saturated carbocycles. The number of benzene rings is 3. The monoisotopic (exact) mass is 630 g/mol. The molecule has 0 radical (unpaired) electrons. The van der Waals surface area contributed by atoms with Gasteiger partial charge in [0.2, 0.25) is 5.91 Å². The maximum absolute atomic E-state index is 15.7. The maximum atomic E-state index is 15.7. The van der Waals surface area contributed by atoms with Crippen molar-refractivity contribution in [3.63, 3.8) is 0 Å². The van der Waals surface area contributed by atoms with Gasteiger partial charge in [0.05, 0.1) is 7.11 Å². The summed E-state index contributed by atoms with van der Waals surface area (Å²) < 4.78 is 21.3. The third kappa shape index (κ3) is 6.44. The van der Waals surface area contributed by atoms with Gasteiger partial charge in [-0.2, -0.15) is 0 Å². The van der Waals surface area contributed by atoms with Crippen molar-refractivity contribution in [3.8, 4) is 28.0 Å². The second kappa shape index (κ2) is 13.3. The van der Waals surface area contributed by atoms with E-state index >= 15 is 4.39 Å². The summed E-state index contributed by atoms with van der Waals surface area (Å²) in [5.41, 5.74) is 8.51. The van der Waals surface area contributed by atoms with Crippen molar-refractivity contribution in [2.24, 2.45) is 0 Å². The number of hydrogen-bond donors (Lipinski definition) is 3. The fourth-order valence-electron chi connectivity index (χ4n) is 6.12. The molecule has 1 unspecified atom stereocenters. The third-order valence-corrected chi connectivity index (χ3v) is 8.68. The number of methoxy groups -OCH3 is 1. The molecule has 2 fully saturated rings. The number of anilines is 1. The first-order valence-corrected chi connectivity index (χ1v) is 15.1. The fraction of sp³-hybridized carbons (Fsp3) is 0.353. The van der Waals surface area contributed by atoms with Crippen LogP contribution in [-0.4, -0.2) is 85.4 Å². The van der Waals surface area contributed by atoms with E-state index in [1.807, 2.05) is 62.2 Å². The number of imide groups is 1. The predicted molar refractivity (Wildman–Crippen MR) is 172 cm³/mol. The van der Waals surface area contributed by atoms with Gasteiger partial charge in [-0.05, 0) is 78.9 Å². The number of ether oxygens (including phenoxy) is 1. The number of nitrogens with one attached hydrogen (secondary N) is 3. The van der Waals surface area contributed by atoms with Gasteiger partial charge in [0.1, 0.15) is 11.6 Å². The Bertz CT molecular complexity index is 1710. The molecule has 2 saturated heterocycles. The molecule has 2 aliphatic heterocycles. The van der Waals surface area contributed by atoms with Crippen LogP contribution >= 0.6 is 0 Å². The zero-order valence-electron chi connectivity index (χ0n) is 26.9. The molecule has 2 aliphatic rings. The van der Waals surface area contributed by atoms with Crippen molar-refractivity contribution in [1.29, 1.82) is 0 Å². The van der Waals surface area contributed by atoms with Crippen LogP contribution in [0.4, 0.5) is 14.9 Å². The highest BCUT2D eigenvalue weighted by Crippen LogP contribution is 2.38. The Kier molecular flexibility index (Phi) is 9.40. The van der Waals surface area contributed by atoms with Crippen LogP contribution in [0.15, 0.2) is 48.5 Å². The van der Waals surface area contributed by atoms with E-state index in [4.69, 9.17) is 4.74 Å². The Balaban J connectivity index is 1.40. The van der Waals surface area contributed by atoms with Crippen LogP contribution in [0.3, 0.4) is 0 Å². The number of hydrazine groups is 1. The minimum Gasteiger partial charge on any atom is -0.496 e. The predicted octanol–water partition coefficient (Wildman–Crippen LogP) is 3.83. The number of halogens is 1. The second-order valence-electron chi connectivity index (χ2n) is 11.9. The van der Waals surface area contributed by atoms with E-state index in [1.165, 1.54) is 27.3 Å². The molecule has 12 heteroatoms. The van der Waals surface area contributed by atoms with E-state index in [0.717, 1.165) is 44.1 Å². The largest absolute Gasteiger partial charge is 0.496 e. The van der Waals surface area contributed by atoms with Gasteiger partial charge in [0.25, 0.3) is 11.8 Å². The van der Waals surface area contributed by atoms with Crippen LogP contribution in [0.1, 0.15) is 29.5 Å². The van der Waals surface area contributed by atoms with Crippen LogP contribution in [0.25, 0.3) is 22.3 Å². The molecule has 0 bridgehead atoms. The van der Waals surface area contributed by atoms with Gasteiger partial charge in [0.15, 0.2) is 6.04 Å². The Hall–Kier alpha value is -4.81. The molecule has 11 nitrogen and oxygen atoms in total. The second-order valence-corrected chi connectivity index (χ2v) is 11.9. The summed E-state index contributed by atoms with van der Waals surface area (Å²) in [5, 5.41) is 6.88. The van der Waals surface area contributed by atoms with Gasteiger partial charge in [0, 0.05) is 50.9 Å². The van der Waals surface area contributed by atoms with E-state index in [-0.39, 0.29) is 17.8 Å². The molecule has 2 atom stereocenters. The molecular weight excluding hydrogens is 591 g/mol. The minimum absolute atomic E-state index is 0.0452. The molecule has 3 aromatic carbocycles. The highest BCUT2D eigenvalue weighted by molar-refractivity contribution is 6.15. The third-order valence-electron chi connectivity index (χ3n) is 8.68.